The third-order valence-corrected chi connectivity index (χ3v) is 4.59. The van der Waals surface area contributed by atoms with E-state index in [0.717, 1.165) is 61.3 Å². The van der Waals surface area contributed by atoms with Crippen molar-refractivity contribution in [1.29, 1.82) is 0 Å². The van der Waals surface area contributed by atoms with Crippen LogP contribution in [0.4, 0.5) is 13.2 Å². The van der Waals surface area contributed by atoms with Gasteiger partial charge in [-0.05, 0) is 42.4 Å². The van der Waals surface area contributed by atoms with Gasteiger partial charge in [-0.3, -0.25) is 4.79 Å². The van der Waals surface area contributed by atoms with Gasteiger partial charge in [0.2, 0.25) is 5.04 Å². The first-order chi connectivity index (χ1) is 10.4. The molecule has 0 amide bonds. The van der Waals surface area contributed by atoms with Gasteiger partial charge in [0.1, 0.15) is 18.8 Å². The number of alkyl halides is 3. The molecule has 0 aliphatic carbocycles. The van der Waals surface area contributed by atoms with Crippen LogP contribution in [0.5, 0.6) is 0 Å². The summed E-state index contributed by atoms with van der Waals surface area (Å²) < 4.78 is 40.0. The first-order valence-corrected chi connectivity index (χ1v) is 8.00. The van der Waals surface area contributed by atoms with Gasteiger partial charge in [0.25, 0.3) is 0 Å². The Kier molecular flexibility index (Phi) is 5.50. The SMILES string of the molecule is O=C(O)CSC(c1ccc(C(F)(F)F)cc1)=[N+]1CCCCC1. The van der Waals surface area contributed by atoms with Crippen LogP contribution < -0.4 is 0 Å². The number of benzene rings is 1. The van der Waals surface area contributed by atoms with Crippen LogP contribution in [0.25, 0.3) is 0 Å². The summed E-state index contributed by atoms with van der Waals surface area (Å²) in [6, 6.07) is 4.92. The number of aliphatic carboxylic acids is 1. The third-order valence-electron chi connectivity index (χ3n) is 3.43. The maximum atomic E-state index is 12.6. The van der Waals surface area contributed by atoms with Crippen LogP contribution in [0.1, 0.15) is 30.4 Å². The van der Waals surface area contributed by atoms with Gasteiger partial charge in [-0.2, -0.15) is 13.2 Å². The van der Waals surface area contributed by atoms with E-state index in [1.807, 2.05) is 0 Å². The van der Waals surface area contributed by atoms with E-state index < -0.39 is 17.7 Å². The minimum absolute atomic E-state index is 0.104. The number of rotatable bonds is 3. The summed E-state index contributed by atoms with van der Waals surface area (Å²) in [5.74, 6) is -1.04. The standard InChI is InChI=1S/C15H16F3NO2S/c16-15(17,18)12-6-4-11(5-7-12)14(22-10-13(20)21)19-8-2-1-3-9-19/h4-7H,1-3,8-10H2/p+1. The van der Waals surface area contributed by atoms with Crippen molar-refractivity contribution < 1.29 is 27.6 Å². The van der Waals surface area contributed by atoms with E-state index in [-0.39, 0.29) is 5.75 Å². The molecule has 7 heteroatoms. The lowest BCUT2D eigenvalue weighted by Crippen LogP contribution is -2.27. The highest BCUT2D eigenvalue weighted by atomic mass is 32.2. The zero-order valence-electron chi connectivity index (χ0n) is 11.9. The Labute approximate surface area is 130 Å². The van der Waals surface area contributed by atoms with Crippen LogP contribution in [0.15, 0.2) is 24.3 Å². The summed E-state index contributed by atoms with van der Waals surface area (Å²) in [5.41, 5.74) is -0.0568. The Morgan fingerprint density at radius 1 is 1.14 bits per heavy atom. The van der Waals surface area contributed by atoms with Gasteiger partial charge in [0.15, 0.2) is 0 Å². The summed E-state index contributed by atoms with van der Waals surface area (Å²) in [5, 5.41) is 9.60. The summed E-state index contributed by atoms with van der Waals surface area (Å²) in [4.78, 5) is 10.8. The molecule has 1 aromatic rings. The molecule has 0 radical (unpaired) electrons. The molecule has 2 rings (SSSR count). The van der Waals surface area contributed by atoms with Crippen LogP contribution in [0.2, 0.25) is 0 Å². The number of carboxylic acids is 1. The molecule has 0 aromatic heterocycles. The normalized spacial score (nSPS) is 15.7. The van der Waals surface area contributed by atoms with Gasteiger partial charge >= 0.3 is 12.1 Å². The minimum Gasteiger partial charge on any atom is -0.481 e. The van der Waals surface area contributed by atoms with Crippen LogP contribution in [0.3, 0.4) is 0 Å². The monoisotopic (exact) mass is 332 g/mol. The summed E-state index contributed by atoms with van der Waals surface area (Å²) in [6.07, 6.45) is -1.21. The Balaban J connectivity index is 2.30. The number of piperidine rings is 1. The summed E-state index contributed by atoms with van der Waals surface area (Å²) >= 11 is 1.16. The Morgan fingerprint density at radius 3 is 2.23 bits per heavy atom. The topological polar surface area (TPSA) is 40.3 Å². The van der Waals surface area contributed by atoms with Crippen molar-refractivity contribution >= 4 is 22.8 Å². The molecule has 0 bridgehead atoms. The quantitative estimate of drug-likeness (QED) is 0.681. The van der Waals surface area contributed by atoms with Crippen LogP contribution in [-0.4, -0.2) is 39.5 Å². The molecule has 0 spiro atoms. The molecular weight excluding hydrogens is 315 g/mol. The van der Waals surface area contributed by atoms with Crippen molar-refractivity contribution in [3.05, 3.63) is 35.4 Å². The maximum Gasteiger partial charge on any atom is 0.416 e. The first-order valence-electron chi connectivity index (χ1n) is 7.02. The zero-order valence-corrected chi connectivity index (χ0v) is 12.7. The van der Waals surface area contributed by atoms with Gasteiger partial charge in [0, 0.05) is 12.8 Å². The molecule has 1 N–H and O–H groups in total. The molecule has 0 unspecified atom stereocenters. The highest BCUT2D eigenvalue weighted by molar-refractivity contribution is 8.14. The Hall–Kier alpha value is -1.50. The zero-order chi connectivity index (χ0) is 16.2. The van der Waals surface area contributed by atoms with Crippen LogP contribution in [0, 0.1) is 0 Å². The number of nitrogens with zero attached hydrogens (tertiary/aromatic N) is 1. The predicted octanol–water partition coefficient (Wildman–Crippen LogP) is 3.47. The van der Waals surface area contributed by atoms with E-state index in [1.54, 1.807) is 0 Å². The number of halogens is 3. The molecule has 1 fully saturated rings. The summed E-state index contributed by atoms with van der Waals surface area (Å²) in [7, 11) is 0. The van der Waals surface area contributed by atoms with E-state index in [0.29, 0.717) is 5.56 Å². The molecule has 1 aromatic carbocycles. The molecule has 1 aliphatic rings. The van der Waals surface area contributed by atoms with E-state index in [2.05, 4.69) is 4.58 Å². The maximum absolute atomic E-state index is 12.6. The fraction of sp³-hybridized carbons (Fsp3) is 0.467. The molecule has 0 atom stereocenters. The summed E-state index contributed by atoms with van der Waals surface area (Å²) in [6.45, 7) is 1.62. The lowest BCUT2D eigenvalue weighted by molar-refractivity contribution is -0.534. The smallest absolute Gasteiger partial charge is 0.416 e. The lowest BCUT2D eigenvalue weighted by atomic mass is 10.1. The molecular formula is C15H17F3NO2S+. The van der Waals surface area contributed by atoms with Gasteiger partial charge in [0.05, 0.1) is 11.1 Å². The third kappa shape index (κ3) is 4.50. The largest absolute Gasteiger partial charge is 0.481 e. The number of hydrogen-bond acceptors (Lipinski definition) is 2. The predicted molar refractivity (Wildman–Crippen MR) is 79.5 cm³/mol. The Bertz CT molecular complexity index is 559. The number of carboxylic acid groups (broad SMARTS) is 1. The van der Waals surface area contributed by atoms with Crippen molar-refractivity contribution in [3.8, 4) is 0 Å². The fourth-order valence-electron chi connectivity index (χ4n) is 2.39. The molecule has 120 valence electrons. The van der Waals surface area contributed by atoms with E-state index in [9.17, 15) is 18.0 Å². The molecule has 0 saturated carbocycles. The van der Waals surface area contributed by atoms with Gasteiger partial charge in [-0.1, -0.05) is 0 Å². The van der Waals surface area contributed by atoms with Crippen molar-refractivity contribution in [2.24, 2.45) is 0 Å². The highest BCUT2D eigenvalue weighted by Crippen LogP contribution is 2.29. The van der Waals surface area contributed by atoms with Crippen LogP contribution in [-0.2, 0) is 11.0 Å². The van der Waals surface area contributed by atoms with Crippen LogP contribution >= 0.6 is 11.8 Å². The second-order valence-corrected chi connectivity index (χ2v) is 6.07. The molecule has 22 heavy (non-hydrogen) atoms. The number of carbonyl (C=O) groups is 1. The second kappa shape index (κ2) is 7.17. The molecule has 1 heterocycles. The average Bonchev–Trinajstić information content (AvgIpc) is 2.48. The lowest BCUT2D eigenvalue weighted by Gasteiger charge is -2.14. The van der Waals surface area contributed by atoms with Gasteiger partial charge in [-0.15, -0.1) is 0 Å². The number of hydrogen-bond donors (Lipinski definition) is 1. The van der Waals surface area contributed by atoms with E-state index in [1.165, 1.54) is 12.1 Å². The Morgan fingerprint density at radius 2 is 1.73 bits per heavy atom. The average molecular weight is 332 g/mol. The van der Waals surface area contributed by atoms with Crippen molar-refractivity contribution in [1.82, 2.24) is 0 Å². The molecule has 3 nitrogen and oxygen atoms in total. The highest BCUT2D eigenvalue weighted by Gasteiger charge is 2.31. The minimum atomic E-state index is -4.36. The molecule has 1 aliphatic heterocycles. The van der Waals surface area contributed by atoms with Crippen molar-refractivity contribution in [2.45, 2.75) is 25.4 Å². The van der Waals surface area contributed by atoms with Crippen molar-refractivity contribution in [2.75, 3.05) is 18.8 Å². The molecule has 1 saturated heterocycles. The van der Waals surface area contributed by atoms with Gasteiger partial charge < -0.3 is 5.11 Å². The van der Waals surface area contributed by atoms with E-state index in [4.69, 9.17) is 5.11 Å². The van der Waals surface area contributed by atoms with Gasteiger partial charge in [-0.25, -0.2) is 4.58 Å². The second-order valence-electron chi connectivity index (χ2n) is 5.11. The van der Waals surface area contributed by atoms with Crippen molar-refractivity contribution in [3.63, 3.8) is 0 Å². The fourth-order valence-corrected chi connectivity index (χ4v) is 3.31. The first kappa shape index (κ1) is 16.9. The van der Waals surface area contributed by atoms with E-state index >= 15 is 0 Å². The number of thioether (sulfide) groups is 1.